The number of carbonyl (C=O) groups is 3. The van der Waals surface area contributed by atoms with Crippen LogP contribution in [-0.2, 0) is 14.3 Å². The summed E-state index contributed by atoms with van der Waals surface area (Å²) >= 11 is 1.36. The predicted octanol–water partition coefficient (Wildman–Crippen LogP) is 4.65. The van der Waals surface area contributed by atoms with Crippen molar-refractivity contribution in [3.05, 3.63) is 82.0 Å². The first-order chi connectivity index (χ1) is 16.9. The highest BCUT2D eigenvalue weighted by molar-refractivity contribution is 7.10. The zero-order chi connectivity index (χ0) is 24.6. The number of likely N-dealkylation sites (tertiary alicyclic amines) is 1. The summed E-state index contributed by atoms with van der Waals surface area (Å²) in [5, 5.41) is 14.1. The summed E-state index contributed by atoms with van der Waals surface area (Å²) in [6.07, 6.45) is -0.241. The summed E-state index contributed by atoms with van der Waals surface area (Å²) in [6, 6.07) is 18.8. The number of aliphatic carboxylic acids is 1. The number of benzene rings is 2. The Morgan fingerprint density at radius 2 is 1.69 bits per heavy atom. The van der Waals surface area contributed by atoms with Gasteiger partial charge in [-0.2, -0.15) is 0 Å². The molecule has 2 aromatic carbocycles. The Kier molecular flexibility index (Phi) is 6.06. The average Bonchev–Trinajstić information content (AvgIpc) is 3.47. The third kappa shape index (κ3) is 4.08. The quantitative estimate of drug-likeness (QED) is 0.503. The van der Waals surface area contributed by atoms with Crippen LogP contribution in [0.5, 0.6) is 0 Å². The minimum absolute atomic E-state index is 0.0832. The van der Waals surface area contributed by atoms with E-state index in [0.29, 0.717) is 11.3 Å². The summed E-state index contributed by atoms with van der Waals surface area (Å²) in [6.45, 7) is 2.21. The molecule has 1 atom stereocenters. The number of rotatable bonds is 7. The van der Waals surface area contributed by atoms with Crippen LogP contribution in [0.4, 0.5) is 4.79 Å². The Bertz CT molecular complexity index is 1220. The van der Waals surface area contributed by atoms with Crippen molar-refractivity contribution in [2.75, 3.05) is 19.7 Å². The van der Waals surface area contributed by atoms with E-state index in [2.05, 4.69) is 17.4 Å². The van der Waals surface area contributed by atoms with Crippen molar-refractivity contribution in [1.29, 1.82) is 0 Å². The van der Waals surface area contributed by atoms with Crippen LogP contribution in [0, 0.1) is 5.41 Å². The Labute approximate surface area is 207 Å². The van der Waals surface area contributed by atoms with Crippen molar-refractivity contribution in [3.8, 4) is 11.1 Å². The van der Waals surface area contributed by atoms with Gasteiger partial charge in [-0.25, -0.2) is 4.79 Å². The zero-order valence-corrected chi connectivity index (χ0v) is 20.1. The molecule has 5 rings (SSSR count). The molecule has 1 aromatic heterocycles. The number of nitrogens with zero attached hydrogens (tertiary/aromatic N) is 1. The fourth-order valence-corrected chi connectivity index (χ4v) is 5.77. The topological polar surface area (TPSA) is 95.9 Å². The highest BCUT2D eigenvalue weighted by Gasteiger charge is 2.51. The third-order valence-electron chi connectivity index (χ3n) is 7.11. The molecule has 2 aliphatic rings. The van der Waals surface area contributed by atoms with Gasteiger partial charge in [0, 0.05) is 23.9 Å². The van der Waals surface area contributed by atoms with E-state index in [1.165, 1.54) is 16.2 Å². The van der Waals surface area contributed by atoms with Gasteiger partial charge in [-0.15, -0.1) is 11.3 Å². The molecule has 1 aliphatic carbocycles. The normalized spacial score (nSPS) is 16.5. The Hall–Kier alpha value is -3.65. The number of amides is 2. The van der Waals surface area contributed by atoms with Crippen LogP contribution in [0.15, 0.2) is 66.0 Å². The number of ether oxygens (including phenoxy) is 1. The van der Waals surface area contributed by atoms with E-state index in [4.69, 9.17) is 4.74 Å². The van der Waals surface area contributed by atoms with Crippen molar-refractivity contribution in [2.24, 2.45) is 5.41 Å². The fraction of sp³-hybridized carbons (Fsp3) is 0.296. The number of hydrogen-bond acceptors (Lipinski definition) is 5. The minimum atomic E-state index is -0.922. The molecule has 1 saturated heterocycles. The summed E-state index contributed by atoms with van der Waals surface area (Å²) in [4.78, 5) is 39.9. The zero-order valence-electron chi connectivity index (χ0n) is 19.3. The Morgan fingerprint density at radius 3 is 2.23 bits per heavy atom. The fourth-order valence-electron chi connectivity index (χ4n) is 5.00. The number of carbonyl (C=O) groups excluding carboxylic acids is 2. The van der Waals surface area contributed by atoms with Crippen molar-refractivity contribution in [2.45, 2.75) is 25.3 Å². The van der Waals surface area contributed by atoms with Gasteiger partial charge in [0.15, 0.2) is 0 Å². The van der Waals surface area contributed by atoms with Crippen molar-refractivity contribution < 1.29 is 24.2 Å². The lowest BCUT2D eigenvalue weighted by Crippen LogP contribution is -2.63. The molecule has 0 spiro atoms. The van der Waals surface area contributed by atoms with E-state index in [1.807, 2.05) is 54.8 Å². The molecule has 8 heteroatoms. The number of nitrogens with one attached hydrogen (secondary N) is 1. The molecular weight excluding hydrogens is 464 g/mol. The molecule has 0 radical (unpaired) electrons. The standard InChI is InChI=1S/C27H26N2O5S/c1-2-27(25(31)32)15-29(16-27)24(30)23(22-12-7-13-35-22)28-26(33)34-14-21-19-10-5-3-8-17(19)18-9-4-6-11-20(18)21/h3-13,21,23H,2,14-16H2,1H3,(H,28,33)(H,31,32). The second kappa shape index (κ2) is 9.19. The average molecular weight is 491 g/mol. The molecule has 2 amide bonds. The number of thiophene rings is 1. The molecule has 2 heterocycles. The van der Waals surface area contributed by atoms with Crippen LogP contribution in [0.2, 0.25) is 0 Å². The first-order valence-corrected chi connectivity index (χ1v) is 12.5. The lowest BCUT2D eigenvalue weighted by molar-refractivity contribution is -0.167. The minimum Gasteiger partial charge on any atom is -0.481 e. The molecule has 180 valence electrons. The first-order valence-electron chi connectivity index (χ1n) is 11.6. The van der Waals surface area contributed by atoms with Gasteiger partial charge in [-0.3, -0.25) is 9.59 Å². The van der Waals surface area contributed by atoms with Crippen LogP contribution < -0.4 is 5.32 Å². The van der Waals surface area contributed by atoms with E-state index in [-0.39, 0.29) is 31.5 Å². The van der Waals surface area contributed by atoms with Crippen LogP contribution in [0.3, 0.4) is 0 Å². The number of carboxylic acids is 1. The third-order valence-corrected chi connectivity index (χ3v) is 8.05. The summed E-state index contributed by atoms with van der Waals surface area (Å²) in [7, 11) is 0. The lowest BCUT2D eigenvalue weighted by Gasteiger charge is -2.47. The Balaban J connectivity index is 1.28. The molecule has 0 bridgehead atoms. The van der Waals surface area contributed by atoms with Crippen molar-refractivity contribution in [3.63, 3.8) is 0 Å². The van der Waals surface area contributed by atoms with Gasteiger partial charge < -0.3 is 20.1 Å². The molecule has 0 saturated carbocycles. The maximum absolute atomic E-state index is 13.2. The van der Waals surface area contributed by atoms with Crippen LogP contribution >= 0.6 is 11.3 Å². The molecule has 1 unspecified atom stereocenters. The maximum Gasteiger partial charge on any atom is 0.408 e. The van der Waals surface area contributed by atoms with E-state index in [0.717, 1.165) is 22.3 Å². The monoisotopic (exact) mass is 490 g/mol. The first kappa shape index (κ1) is 23.1. The van der Waals surface area contributed by atoms with Gasteiger partial charge in [0.05, 0.1) is 0 Å². The summed E-state index contributed by atoms with van der Waals surface area (Å²) in [5.74, 6) is -1.31. The Morgan fingerprint density at radius 1 is 1.06 bits per heavy atom. The summed E-state index contributed by atoms with van der Waals surface area (Å²) in [5.41, 5.74) is 3.58. The van der Waals surface area contributed by atoms with Gasteiger partial charge in [0.2, 0.25) is 0 Å². The number of hydrogen-bond donors (Lipinski definition) is 2. The van der Waals surface area contributed by atoms with Gasteiger partial charge in [-0.05, 0) is 40.1 Å². The molecular formula is C27H26N2O5S. The van der Waals surface area contributed by atoms with E-state index in [1.54, 1.807) is 6.07 Å². The van der Waals surface area contributed by atoms with Gasteiger partial charge in [-0.1, -0.05) is 61.5 Å². The van der Waals surface area contributed by atoms with Gasteiger partial charge in [0.1, 0.15) is 18.1 Å². The second-order valence-electron chi connectivity index (χ2n) is 9.05. The van der Waals surface area contributed by atoms with Gasteiger partial charge in [0.25, 0.3) is 5.91 Å². The van der Waals surface area contributed by atoms with E-state index < -0.39 is 23.5 Å². The van der Waals surface area contributed by atoms with Crippen LogP contribution in [0.1, 0.15) is 41.3 Å². The van der Waals surface area contributed by atoms with Crippen LogP contribution in [-0.4, -0.2) is 47.7 Å². The van der Waals surface area contributed by atoms with Gasteiger partial charge >= 0.3 is 12.1 Å². The van der Waals surface area contributed by atoms with Crippen molar-refractivity contribution >= 4 is 29.3 Å². The lowest BCUT2D eigenvalue weighted by atomic mass is 9.77. The van der Waals surface area contributed by atoms with E-state index >= 15 is 0 Å². The molecule has 1 aliphatic heterocycles. The number of fused-ring (bicyclic) bond motifs is 3. The molecule has 2 N–H and O–H groups in total. The van der Waals surface area contributed by atoms with Crippen LogP contribution in [0.25, 0.3) is 11.1 Å². The highest BCUT2D eigenvalue weighted by atomic mass is 32.1. The number of alkyl carbamates (subject to hydrolysis) is 1. The SMILES string of the molecule is CCC1(C(=O)O)CN(C(=O)C(NC(=O)OCC2c3ccccc3-c3ccccc32)c2cccs2)C1. The highest BCUT2D eigenvalue weighted by Crippen LogP contribution is 2.44. The molecule has 35 heavy (non-hydrogen) atoms. The molecule has 7 nitrogen and oxygen atoms in total. The van der Waals surface area contributed by atoms with Crippen molar-refractivity contribution in [1.82, 2.24) is 10.2 Å². The predicted molar refractivity (Wildman–Crippen MR) is 132 cm³/mol. The largest absolute Gasteiger partial charge is 0.481 e. The smallest absolute Gasteiger partial charge is 0.408 e. The number of carboxylic acid groups (broad SMARTS) is 1. The van der Waals surface area contributed by atoms with E-state index in [9.17, 15) is 19.5 Å². The maximum atomic E-state index is 13.2. The molecule has 1 fully saturated rings. The summed E-state index contributed by atoms with van der Waals surface area (Å²) < 4.78 is 5.64. The second-order valence-corrected chi connectivity index (χ2v) is 10.0. The molecule has 3 aromatic rings.